The summed E-state index contributed by atoms with van der Waals surface area (Å²) in [5.41, 5.74) is 1.11. The Morgan fingerprint density at radius 1 is 1.12 bits per heavy atom. The largest absolute Gasteiger partial charge is 0.493 e. The number of piperazine rings is 1. The van der Waals surface area contributed by atoms with Crippen molar-refractivity contribution in [1.29, 1.82) is 0 Å². The van der Waals surface area contributed by atoms with E-state index in [2.05, 4.69) is 22.0 Å². The Morgan fingerprint density at radius 3 is 2.59 bits per heavy atom. The molecule has 8 heteroatoms. The molecule has 0 spiro atoms. The molecule has 0 bridgehead atoms. The van der Waals surface area contributed by atoms with Crippen molar-refractivity contribution in [3.63, 3.8) is 0 Å². The van der Waals surface area contributed by atoms with Gasteiger partial charge in [-0.3, -0.25) is 9.69 Å². The van der Waals surface area contributed by atoms with Crippen molar-refractivity contribution in [1.82, 2.24) is 20.0 Å². The minimum atomic E-state index is -0.531. The third-order valence-electron chi connectivity index (χ3n) is 6.32. The second-order valence-electron chi connectivity index (χ2n) is 8.70. The van der Waals surface area contributed by atoms with Gasteiger partial charge in [0.2, 0.25) is 5.91 Å². The van der Waals surface area contributed by atoms with Crippen molar-refractivity contribution < 1.29 is 19.4 Å². The Morgan fingerprint density at radius 2 is 1.91 bits per heavy atom. The molecule has 1 aromatic carbocycles. The maximum absolute atomic E-state index is 11.6. The van der Waals surface area contributed by atoms with Crippen molar-refractivity contribution in [2.24, 2.45) is 0 Å². The molecular formula is C24H40N4O4. The van der Waals surface area contributed by atoms with E-state index < -0.39 is 6.10 Å². The molecule has 0 aliphatic carbocycles. The highest BCUT2D eigenvalue weighted by Gasteiger charge is 2.20. The Bertz CT molecular complexity index is 709. The monoisotopic (exact) mass is 448 g/mol. The number of nitrogens with zero attached hydrogens (tertiary/aromatic N) is 3. The van der Waals surface area contributed by atoms with Gasteiger partial charge in [-0.15, -0.1) is 0 Å². The Balaban J connectivity index is 1.36. The third-order valence-corrected chi connectivity index (χ3v) is 6.32. The van der Waals surface area contributed by atoms with Gasteiger partial charge in [0.05, 0.1) is 7.11 Å². The summed E-state index contributed by atoms with van der Waals surface area (Å²) in [5, 5.41) is 13.8. The molecule has 2 heterocycles. The lowest BCUT2D eigenvalue weighted by Gasteiger charge is -2.34. The molecule has 0 radical (unpaired) electrons. The van der Waals surface area contributed by atoms with E-state index in [1.165, 1.54) is 0 Å². The number of amides is 1. The summed E-state index contributed by atoms with van der Waals surface area (Å²) < 4.78 is 11.4. The molecule has 8 nitrogen and oxygen atoms in total. The second kappa shape index (κ2) is 13.0. The van der Waals surface area contributed by atoms with Crippen molar-refractivity contribution >= 4 is 5.91 Å². The number of carbonyl (C=O) groups excluding carboxylic acids is 1. The van der Waals surface area contributed by atoms with Gasteiger partial charge >= 0.3 is 0 Å². The summed E-state index contributed by atoms with van der Waals surface area (Å²) in [6, 6.07) is 5.90. The van der Waals surface area contributed by atoms with Gasteiger partial charge in [-0.05, 0) is 43.6 Å². The van der Waals surface area contributed by atoms with Crippen LogP contribution >= 0.6 is 0 Å². The van der Waals surface area contributed by atoms with Gasteiger partial charge in [0.25, 0.3) is 0 Å². The van der Waals surface area contributed by atoms with Crippen LogP contribution in [0.25, 0.3) is 0 Å². The van der Waals surface area contributed by atoms with Crippen LogP contribution in [0.4, 0.5) is 0 Å². The number of carbonyl (C=O) groups is 1. The van der Waals surface area contributed by atoms with E-state index in [4.69, 9.17) is 9.47 Å². The summed E-state index contributed by atoms with van der Waals surface area (Å²) in [6.07, 6.45) is 2.12. The number of hydrogen-bond donors (Lipinski definition) is 2. The minimum Gasteiger partial charge on any atom is -0.493 e. The summed E-state index contributed by atoms with van der Waals surface area (Å²) in [6.45, 7) is 11.6. The molecule has 2 aliphatic heterocycles. The van der Waals surface area contributed by atoms with Gasteiger partial charge in [0, 0.05) is 58.8 Å². The second-order valence-corrected chi connectivity index (χ2v) is 8.70. The molecule has 1 amide bonds. The molecule has 0 aromatic heterocycles. The molecule has 180 valence electrons. The molecule has 2 fully saturated rings. The Hall–Kier alpha value is -1.87. The minimum absolute atomic E-state index is 0.247. The molecule has 1 atom stereocenters. The van der Waals surface area contributed by atoms with Gasteiger partial charge in [-0.2, -0.15) is 0 Å². The fourth-order valence-electron chi connectivity index (χ4n) is 4.33. The molecule has 2 saturated heterocycles. The van der Waals surface area contributed by atoms with Crippen molar-refractivity contribution in [3.05, 3.63) is 23.8 Å². The number of rotatable bonds is 13. The van der Waals surface area contributed by atoms with Crippen LogP contribution in [0.3, 0.4) is 0 Å². The highest BCUT2D eigenvalue weighted by molar-refractivity contribution is 5.77. The number of likely N-dealkylation sites (N-methyl/N-ethyl adjacent to an activating group) is 1. The number of aliphatic hydroxyl groups is 1. The van der Waals surface area contributed by atoms with Crippen LogP contribution < -0.4 is 14.8 Å². The predicted molar refractivity (Wildman–Crippen MR) is 125 cm³/mol. The molecule has 2 aliphatic rings. The van der Waals surface area contributed by atoms with Crippen molar-refractivity contribution in [3.8, 4) is 11.5 Å². The highest BCUT2D eigenvalue weighted by Crippen LogP contribution is 2.28. The van der Waals surface area contributed by atoms with Crippen LogP contribution in [-0.2, 0) is 11.3 Å². The topological polar surface area (TPSA) is 77.5 Å². The molecule has 1 unspecified atom stereocenters. The van der Waals surface area contributed by atoms with Crippen LogP contribution in [0.5, 0.6) is 11.5 Å². The number of likely N-dealkylation sites (tertiary alicyclic amines) is 1. The molecule has 32 heavy (non-hydrogen) atoms. The number of β-amino-alcohol motifs (C(OH)–C–C–N with tert-alkyl or cyclic N) is 1. The summed E-state index contributed by atoms with van der Waals surface area (Å²) >= 11 is 0. The van der Waals surface area contributed by atoms with Gasteiger partial charge in [0.15, 0.2) is 11.5 Å². The van der Waals surface area contributed by atoms with Crippen molar-refractivity contribution in [2.45, 2.75) is 38.8 Å². The average molecular weight is 449 g/mol. The van der Waals surface area contributed by atoms with E-state index in [0.29, 0.717) is 24.5 Å². The van der Waals surface area contributed by atoms with Gasteiger partial charge < -0.3 is 29.7 Å². The summed E-state index contributed by atoms with van der Waals surface area (Å²) in [7, 11) is 1.64. The SMILES string of the molecule is CCN1CCN(CC(O)COc2ccc(CNCCCN3CCCC3=O)cc2OC)CC1. The first-order valence-electron chi connectivity index (χ1n) is 12.0. The lowest BCUT2D eigenvalue weighted by Crippen LogP contribution is -2.49. The van der Waals surface area contributed by atoms with Gasteiger partial charge in [-0.25, -0.2) is 0 Å². The first-order chi connectivity index (χ1) is 15.6. The van der Waals surface area contributed by atoms with Crippen LogP contribution in [0, 0.1) is 0 Å². The zero-order chi connectivity index (χ0) is 22.8. The number of methoxy groups -OCH3 is 1. The van der Waals surface area contributed by atoms with E-state index in [9.17, 15) is 9.90 Å². The number of aliphatic hydroxyl groups excluding tert-OH is 1. The Labute approximate surface area is 192 Å². The molecule has 2 N–H and O–H groups in total. The molecule has 1 aromatic rings. The van der Waals surface area contributed by atoms with E-state index in [0.717, 1.165) is 77.3 Å². The number of ether oxygens (including phenoxy) is 2. The fraction of sp³-hybridized carbons (Fsp3) is 0.708. The first-order valence-corrected chi connectivity index (χ1v) is 12.0. The van der Waals surface area contributed by atoms with Crippen LogP contribution in [0.15, 0.2) is 18.2 Å². The van der Waals surface area contributed by atoms with E-state index in [-0.39, 0.29) is 12.5 Å². The van der Waals surface area contributed by atoms with E-state index in [1.54, 1.807) is 7.11 Å². The lowest BCUT2D eigenvalue weighted by atomic mass is 10.2. The number of nitrogens with one attached hydrogen (secondary N) is 1. The zero-order valence-electron chi connectivity index (χ0n) is 19.7. The maximum Gasteiger partial charge on any atom is 0.222 e. The number of hydrogen-bond acceptors (Lipinski definition) is 7. The fourth-order valence-corrected chi connectivity index (χ4v) is 4.33. The molecular weight excluding hydrogens is 408 g/mol. The van der Waals surface area contributed by atoms with Gasteiger partial charge in [0.1, 0.15) is 12.7 Å². The first kappa shape index (κ1) is 24.8. The predicted octanol–water partition coefficient (Wildman–Crippen LogP) is 1.17. The summed E-state index contributed by atoms with van der Waals surface area (Å²) in [4.78, 5) is 18.3. The lowest BCUT2D eigenvalue weighted by molar-refractivity contribution is -0.127. The maximum atomic E-state index is 11.6. The zero-order valence-corrected chi connectivity index (χ0v) is 19.7. The van der Waals surface area contributed by atoms with Crippen LogP contribution in [0.2, 0.25) is 0 Å². The smallest absolute Gasteiger partial charge is 0.222 e. The average Bonchev–Trinajstić information content (AvgIpc) is 3.22. The molecule has 3 rings (SSSR count). The number of benzene rings is 1. The van der Waals surface area contributed by atoms with E-state index in [1.807, 2.05) is 23.1 Å². The standard InChI is InChI=1S/C24H40N4O4/c1-3-26-12-14-27(15-13-26)18-21(29)19-32-22-8-7-20(16-23(22)31-2)17-25-9-5-11-28-10-4-6-24(28)30/h7-8,16,21,25,29H,3-6,9-15,17-19H2,1-2H3. The van der Waals surface area contributed by atoms with E-state index >= 15 is 0 Å². The van der Waals surface area contributed by atoms with Crippen LogP contribution in [-0.4, -0.2) is 104 Å². The Kier molecular flexibility index (Phi) is 10.1. The highest BCUT2D eigenvalue weighted by atomic mass is 16.5. The normalized spacial score (nSPS) is 18.8. The van der Waals surface area contributed by atoms with Crippen LogP contribution in [0.1, 0.15) is 31.7 Å². The van der Waals surface area contributed by atoms with Gasteiger partial charge in [-0.1, -0.05) is 13.0 Å². The molecule has 0 saturated carbocycles. The third kappa shape index (κ3) is 7.62. The summed E-state index contributed by atoms with van der Waals surface area (Å²) in [5.74, 6) is 1.61. The quantitative estimate of drug-likeness (QED) is 0.439. The van der Waals surface area contributed by atoms with Crippen molar-refractivity contribution in [2.75, 3.05) is 72.6 Å².